The third kappa shape index (κ3) is 2.44. The summed E-state index contributed by atoms with van der Waals surface area (Å²) in [5.74, 6) is 0.275. The first kappa shape index (κ1) is 15.1. The molecule has 0 atom stereocenters. The van der Waals surface area contributed by atoms with Crippen LogP contribution in [0.15, 0.2) is 28.7 Å². The third-order valence-corrected chi connectivity index (χ3v) is 4.90. The molecule has 1 aliphatic heterocycles. The Bertz CT molecular complexity index is 763. The fraction of sp³-hybridized carbons (Fsp3) is 0.471. The highest BCUT2D eigenvalue weighted by atomic mass is 19.1. The Balaban J connectivity index is 1.46. The van der Waals surface area contributed by atoms with Gasteiger partial charge >= 0.3 is 6.01 Å². The number of aryl methyl sites for hydroxylation is 1. The summed E-state index contributed by atoms with van der Waals surface area (Å²) in [6.45, 7) is 4.19. The summed E-state index contributed by atoms with van der Waals surface area (Å²) in [5, 5.41) is 7.85. The van der Waals surface area contributed by atoms with Gasteiger partial charge in [-0.3, -0.25) is 4.79 Å². The number of hydrogen-bond acceptors (Lipinski definition) is 5. The van der Waals surface area contributed by atoms with E-state index in [0.29, 0.717) is 43.6 Å². The Morgan fingerprint density at radius 1 is 1.17 bits per heavy atom. The number of carbonyl (C=O) groups excluding carboxylic acids is 1. The second-order valence-corrected chi connectivity index (χ2v) is 6.44. The summed E-state index contributed by atoms with van der Waals surface area (Å²) in [5.41, 5.74) is -0.126. The van der Waals surface area contributed by atoms with E-state index < -0.39 is 5.41 Å². The molecule has 1 saturated heterocycles. The van der Waals surface area contributed by atoms with Crippen LogP contribution in [0.4, 0.5) is 10.4 Å². The first-order chi connectivity index (χ1) is 11.6. The first-order valence-electron chi connectivity index (χ1n) is 8.20. The number of nitrogens with zero attached hydrogens (tertiary/aromatic N) is 4. The maximum absolute atomic E-state index is 14.1. The van der Waals surface area contributed by atoms with Crippen LogP contribution in [0.5, 0.6) is 0 Å². The smallest absolute Gasteiger partial charge is 0.318 e. The van der Waals surface area contributed by atoms with Crippen molar-refractivity contribution < 1.29 is 13.6 Å². The summed E-state index contributed by atoms with van der Waals surface area (Å²) in [7, 11) is 0. The van der Waals surface area contributed by atoms with Gasteiger partial charge < -0.3 is 14.2 Å². The van der Waals surface area contributed by atoms with Gasteiger partial charge in [-0.15, -0.1) is 5.10 Å². The van der Waals surface area contributed by atoms with E-state index in [2.05, 4.69) is 10.2 Å². The van der Waals surface area contributed by atoms with Crippen molar-refractivity contribution in [2.24, 2.45) is 0 Å². The minimum absolute atomic E-state index is 0.0361. The van der Waals surface area contributed by atoms with Crippen molar-refractivity contribution in [3.63, 3.8) is 0 Å². The molecule has 0 N–H and O–H groups in total. The standard InChI is InChI=1S/C17H19FN4O2/c1-12-19-20-16(24-12)22-10-8-21(9-11-22)15(23)17(6-7-17)13-4-2-3-5-14(13)18/h2-5H,6-11H2,1H3. The van der Waals surface area contributed by atoms with Gasteiger partial charge in [-0.1, -0.05) is 23.3 Å². The predicted octanol–water partition coefficient (Wildman–Crippen LogP) is 1.90. The van der Waals surface area contributed by atoms with Gasteiger partial charge in [-0.25, -0.2) is 4.39 Å². The maximum atomic E-state index is 14.1. The van der Waals surface area contributed by atoms with Gasteiger partial charge in [0.1, 0.15) is 5.82 Å². The van der Waals surface area contributed by atoms with Crippen molar-refractivity contribution in [2.45, 2.75) is 25.2 Å². The van der Waals surface area contributed by atoms with Gasteiger partial charge in [-0.05, 0) is 18.9 Å². The van der Waals surface area contributed by atoms with Crippen LogP contribution in [0, 0.1) is 12.7 Å². The van der Waals surface area contributed by atoms with E-state index in [1.807, 2.05) is 9.80 Å². The van der Waals surface area contributed by atoms with Crippen molar-refractivity contribution in [1.29, 1.82) is 0 Å². The topological polar surface area (TPSA) is 62.5 Å². The molecule has 24 heavy (non-hydrogen) atoms. The third-order valence-electron chi connectivity index (χ3n) is 4.90. The second kappa shape index (κ2) is 5.58. The molecule has 7 heteroatoms. The van der Waals surface area contributed by atoms with Crippen molar-refractivity contribution >= 4 is 11.9 Å². The first-order valence-corrected chi connectivity index (χ1v) is 8.20. The predicted molar refractivity (Wildman–Crippen MR) is 85.1 cm³/mol. The number of halogens is 1. The number of aromatic nitrogens is 2. The number of benzene rings is 1. The minimum Gasteiger partial charge on any atom is -0.408 e. The normalized spacial score (nSPS) is 19.4. The van der Waals surface area contributed by atoms with Crippen LogP contribution < -0.4 is 4.90 Å². The number of hydrogen-bond donors (Lipinski definition) is 0. The highest BCUT2D eigenvalue weighted by Gasteiger charge is 2.54. The Labute approximate surface area is 139 Å². The van der Waals surface area contributed by atoms with Crippen LogP contribution in [0.2, 0.25) is 0 Å². The zero-order chi connectivity index (χ0) is 16.7. The molecule has 2 aromatic rings. The quantitative estimate of drug-likeness (QED) is 0.860. The molecule has 126 valence electrons. The van der Waals surface area contributed by atoms with Crippen LogP contribution in [0.3, 0.4) is 0 Å². The zero-order valence-electron chi connectivity index (χ0n) is 13.5. The van der Waals surface area contributed by atoms with E-state index in [1.54, 1.807) is 25.1 Å². The Hall–Kier alpha value is -2.44. The molecule has 1 amide bonds. The molecule has 6 nitrogen and oxygen atoms in total. The van der Waals surface area contributed by atoms with Crippen molar-refractivity contribution in [1.82, 2.24) is 15.1 Å². The lowest BCUT2D eigenvalue weighted by atomic mass is 9.93. The van der Waals surface area contributed by atoms with Crippen LogP contribution in [0.1, 0.15) is 24.3 Å². The van der Waals surface area contributed by atoms with Crippen LogP contribution in [0.25, 0.3) is 0 Å². The molecule has 1 aliphatic carbocycles. The minimum atomic E-state index is -0.658. The van der Waals surface area contributed by atoms with Gasteiger partial charge in [-0.2, -0.15) is 0 Å². The number of piperazine rings is 1. The largest absolute Gasteiger partial charge is 0.408 e. The fourth-order valence-corrected chi connectivity index (χ4v) is 3.39. The van der Waals surface area contributed by atoms with E-state index in [-0.39, 0.29) is 11.7 Å². The molecular formula is C17H19FN4O2. The number of anilines is 1. The molecule has 2 heterocycles. The van der Waals surface area contributed by atoms with Gasteiger partial charge in [0.05, 0.1) is 5.41 Å². The fourth-order valence-electron chi connectivity index (χ4n) is 3.39. The maximum Gasteiger partial charge on any atom is 0.318 e. The van der Waals surface area contributed by atoms with Crippen LogP contribution >= 0.6 is 0 Å². The molecule has 0 unspecified atom stereocenters. The van der Waals surface area contributed by atoms with Gasteiger partial charge in [0.25, 0.3) is 0 Å². The molecule has 0 spiro atoms. The Morgan fingerprint density at radius 2 is 1.88 bits per heavy atom. The van der Waals surface area contributed by atoms with Crippen LogP contribution in [-0.4, -0.2) is 47.2 Å². The highest BCUT2D eigenvalue weighted by Crippen LogP contribution is 2.50. The molecule has 1 aromatic heterocycles. The van der Waals surface area contributed by atoms with E-state index in [1.165, 1.54) is 6.07 Å². The summed E-state index contributed by atoms with van der Waals surface area (Å²) in [6.07, 6.45) is 1.44. The lowest BCUT2D eigenvalue weighted by Crippen LogP contribution is -2.51. The van der Waals surface area contributed by atoms with E-state index in [0.717, 1.165) is 12.8 Å². The molecule has 1 aromatic carbocycles. The number of carbonyl (C=O) groups is 1. The number of rotatable bonds is 3. The summed E-state index contributed by atoms with van der Waals surface area (Å²) < 4.78 is 19.6. The van der Waals surface area contributed by atoms with E-state index >= 15 is 0 Å². The van der Waals surface area contributed by atoms with E-state index in [4.69, 9.17) is 4.42 Å². The Morgan fingerprint density at radius 3 is 2.46 bits per heavy atom. The lowest BCUT2D eigenvalue weighted by molar-refractivity contribution is -0.134. The number of amides is 1. The highest BCUT2D eigenvalue weighted by molar-refractivity contribution is 5.91. The lowest BCUT2D eigenvalue weighted by Gasteiger charge is -2.35. The Kier molecular flexibility index (Phi) is 3.51. The monoisotopic (exact) mass is 330 g/mol. The average Bonchev–Trinajstić information content (AvgIpc) is 3.29. The molecular weight excluding hydrogens is 311 g/mol. The van der Waals surface area contributed by atoms with Gasteiger partial charge in [0, 0.05) is 38.7 Å². The van der Waals surface area contributed by atoms with Crippen molar-refractivity contribution in [3.05, 3.63) is 41.5 Å². The van der Waals surface area contributed by atoms with E-state index in [9.17, 15) is 9.18 Å². The molecule has 2 aliphatic rings. The van der Waals surface area contributed by atoms with Gasteiger partial charge in [0.15, 0.2) is 0 Å². The molecule has 0 radical (unpaired) electrons. The summed E-state index contributed by atoms with van der Waals surface area (Å²) in [6, 6.07) is 7.11. The summed E-state index contributed by atoms with van der Waals surface area (Å²) in [4.78, 5) is 16.8. The molecule has 4 rings (SSSR count). The molecule has 2 fully saturated rings. The zero-order valence-corrected chi connectivity index (χ0v) is 13.5. The SMILES string of the molecule is Cc1nnc(N2CCN(C(=O)C3(c4ccccc4F)CC3)CC2)o1. The molecule has 1 saturated carbocycles. The summed E-state index contributed by atoms with van der Waals surface area (Å²) >= 11 is 0. The van der Waals surface area contributed by atoms with Gasteiger partial charge in [0.2, 0.25) is 11.8 Å². The second-order valence-electron chi connectivity index (χ2n) is 6.44. The van der Waals surface area contributed by atoms with Crippen molar-refractivity contribution in [3.8, 4) is 0 Å². The van der Waals surface area contributed by atoms with Crippen LogP contribution in [-0.2, 0) is 10.2 Å². The average molecular weight is 330 g/mol. The van der Waals surface area contributed by atoms with Crippen molar-refractivity contribution in [2.75, 3.05) is 31.1 Å². The molecule has 0 bridgehead atoms.